The van der Waals surface area contributed by atoms with Gasteiger partial charge in [-0.3, -0.25) is 4.79 Å². The summed E-state index contributed by atoms with van der Waals surface area (Å²) in [5.41, 5.74) is 5.21. The average molecular weight is 474 g/mol. The van der Waals surface area contributed by atoms with Crippen molar-refractivity contribution in [3.8, 4) is 11.3 Å². The molecule has 3 heterocycles. The zero-order chi connectivity index (χ0) is 24.9. The van der Waals surface area contributed by atoms with Gasteiger partial charge in [-0.2, -0.15) is 5.10 Å². The second kappa shape index (κ2) is 10.8. The van der Waals surface area contributed by atoms with Crippen LogP contribution in [0.4, 0.5) is 0 Å². The van der Waals surface area contributed by atoms with E-state index in [4.69, 9.17) is 4.98 Å². The molecule has 0 saturated heterocycles. The molecule has 4 rings (SSSR count). The number of carbonyl (C=O) groups is 1. The molecule has 35 heavy (non-hydrogen) atoms. The molecule has 0 saturated carbocycles. The lowest BCUT2D eigenvalue weighted by Gasteiger charge is -2.17. The number of rotatable bonds is 10. The number of hydrogen-bond donors (Lipinski definition) is 1. The number of aryl methyl sites for hydroxylation is 1. The van der Waals surface area contributed by atoms with Crippen LogP contribution in [0.1, 0.15) is 61.3 Å². The average Bonchev–Trinajstić information content (AvgIpc) is 3.46. The van der Waals surface area contributed by atoms with E-state index in [0.29, 0.717) is 17.8 Å². The monoisotopic (exact) mass is 473 g/mol. The maximum Gasteiger partial charge on any atom is 0.252 e. The third kappa shape index (κ3) is 5.59. The van der Waals surface area contributed by atoms with E-state index in [0.717, 1.165) is 35.4 Å². The third-order valence-corrected chi connectivity index (χ3v) is 6.22. The zero-order valence-electron chi connectivity index (χ0n) is 21.3. The molecule has 8 heteroatoms. The van der Waals surface area contributed by atoms with Gasteiger partial charge in [0.05, 0.1) is 41.4 Å². The van der Waals surface area contributed by atoms with E-state index in [1.165, 1.54) is 18.4 Å². The summed E-state index contributed by atoms with van der Waals surface area (Å²) >= 11 is 0. The number of hydrogen-bond acceptors (Lipinski definition) is 5. The van der Waals surface area contributed by atoms with Gasteiger partial charge in [0.2, 0.25) is 0 Å². The largest absolute Gasteiger partial charge is 0.346 e. The van der Waals surface area contributed by atoms with Crippen molar-refractivity contribution >= 4 is 16.9 Å². The van der Waals surface area contributed by atoms with Crippen LogP contribution in [0.5, 0.6) is 0 Å². The number of unbranched alkanes of at least 4 members (excludes halogenated alkanes) is 1. The van der Waals surface area contributed by atoms with Gasteiger partial charge in [-0.1, -0.05) is 31.5 Å². The van der Waals surface area contributed by atoms with E-state index in [2.05, 4.69) is 72.4 Å². The van der Waals surface area contributed by atoms with Crippen molar-refractivity contribution in [2.24, 2.45) is 7.05 Å². The smallest absolute Gasteiger partial charge is 0.252 e. The van der Waals surface area contributed by atoms with Crippen LogP contribution in [0.3, 0.4) is 0 Å². The molecule has 0 aliphatic rings. The van der Waals surface area contributed by atoms with Crippen LogP contribution in [-0.4, -0.2) is 48.7 Å². The number of nitrogens with one attached hydrogen (secondary N) is 1. The summed E-state index contributed by atoms with van der Waals surface area (Å²) in [7, 11) is 4.06. The van der Waals surface area contributed by atoms with E-state index < -0.39 is 0 Å². The summed E-state index contributed by atoms with van der Waals surface area (Å²) in [6.07, 6.45) is 7.59. The first-order valence-electron chi connectivity index (χ1n) is 12.3. The molecule has 0 unspecified atom stereocenters. The minimum absolute atomic E-state index is 0.124. The number of carbonyl (C=O) groups excluding carboxylic acids is 1. The normalized spacial score (nSPS) is 11.6. The summed E-state index contributed by atoms with van der Waals surface area (Å²) < 4.78 is 3.77. The van der Waals surface area contributed by atoms with Crippen LogP contribution < -0.4 is 5.32 Å². The Morgan fingerprint density at radius 3 is 2.74 bits per heavy atom. The lowest BCUT2D eigenvalue weighted by Crippen LogP contribution is -2.24. The Morgan fingerprint density at radius 2 is 2.03 bits per heavy atom. The molecule has 1 aromatic carbocycles. The molecule has 4 aromatic rings. The van der Waals surface area contributed by atoms with Crippen molar-refractivity contribution in [1.29, 1.82) is 0 Å². The Morgan fingerprint density at radius 1 is 1.20 bits per heavy atom. The lowest BCUT2D eigenvalue weighted by atomic mass is 10.0. The zero-order valence-corrected chi connectivity index (χ0v) is 21.3. The topological polar surface area (TPSA) is 80.9 Å². The highest BCUT2D eigenvalue weighted by atomic mass is 16.1. The fourth-order valence-electron chi connectivity index (χ4n) is 4.20. The fourth-order valence-corrected chi connectivity index (χ4v) is 4.20. The van der Waals surface area contributed by atoms with Gasteiger partial charge < -0.3 is 14.8 Å². The molecule has 0 aliphatic heterocycles. The summed E-state index contributed by atoms with van der Waals surface area (Å²) in [5.74, 6) is -0.154. The third-order valence-electron chi connectivity index (χ3n) is 6.22. The first-order chi connectivity index (χ1) is 16.9. The molecule has 0 spiro atoms. The highest BCUT2D eigenvalue weighted by molar-refractivity contribution is 6.06. The van der Waals surface area contributed by atoms with Crippen LogP contribution >= 0.6 is 0 Å². The van der Waals surface area contributed by atoms with E-state index in [-0.39, 0.29) is 11.9 Å². The van der Waals surface area contributed by atoms with Crippen molar-refractivity contribution in [3.63, 3.8) is 0 Å². The number of imidazole rings is 1. The minimum atomic E-state index is -0.154. The summed E-state index contributed by atoms with van der Waals surface area (Å²) in [4.78, 5) is 24.8. The van der Waals surface area contributed by atoms with Gasteiger partial charge in [0.15, 0.2) is 5.65 Å². The molecule has 0 radical (unpaired) electrons. The predicted molar refractivity (Wildman–Crippen MR) is 139 cm³/mol. The van der Waals surface area contributed by atoms with Crippen LogP contribution in [0.15, 0.2) is 49.1 Å². The molecular weight excluding hydrogens is 438 g/mol. The van der Waals surface area contributed by atoms with Crippen molar-refractivity contribution < 1.29 is 4.79 Å². The van der Waals surface area contributed by atoms with E-state index >= 15 is 0 Å². The Balaban J connectivity index is 1.69. The van der Waals surface area contributed by atoms with Crippen molar-refractivity contribution in [2.75, 3.05) is 13.6 Å². The number of benzene rings is 1. The Bertz CT molecular complexity index is 1300. The van der Waals surface area contributed by atoms with Gasteiger partial charge in [-0.25, -0.2) is 14.6 Å². The van der Waals surface area contributed by atoms with Crippen molar-refractivity contribution in [3.05, 3.63) is 65.9 Å². The fraction of sp³-hybridized carbons (Fsp3) is 0.407. The van der Waals surface area contributed by atoms with E-state index in [9.17, 15) is 4.79 Å². The molecule has 1 N–H and O–H groups in total. The number of pyridine rings is 1. The summed E-state index contributed by atoms with van der Waals surface area (Å²) in [5, 5.41) is 8.32. The number of aromatic nitrogens is 5. The molecule has 0 aliphatic carbocycles. The van der Waals surface area contributed by atoms with Gasteiger partial charge in [-0.15, -0.1) is 0 Å². The quantitative estimate of drug-likeness (QED) is 0.365. The molecular formula is C27H35N7O. The van der Waals surface area contributed by atoms with Crippen LogP contribution in [-0.2, 0) is 20.1 Å². The first-order valence-corrected chi connectivity index (χ1v) is 12.3. The number of nitrogens with zero attached hydrogens (tertiary/aromatic N) is 6. The molecule has 0 bridgehead atoms. The van der Waals surface area contributed by atoms with Gasteiger partial charge in [0.25, 0.3) is 5.91 Å². The minimum Gasteiger partial charge on any atom is -0.346 e. The highest BCUT2D eigenvalue weighted by Gasteiger charge is 2.19. The lowest BCUT2D eigenvalue weighted by molar-refractivity contribution is 0.0951. The van der Waals surface area contributed by atoms with Crippen LogP contribution in [0, 0.1) is 0 Å². The maximum atomic E-state index is 13.3. The predicted octanol–water partition coefficient (Wildman–Crippen LogP) is 4.57. The second-order valence-electron chi connectivity index (χ2n) is 9.45. The Hall–Kier alpha value is -3.52. The molecule has 1 amide bonds. The van der Waals surface area contributed by atoms with Crippen molar-refractivity contribution in [1.82, 2.24) is 34.5 Å². The molecule has 8 nitrogen and oxygen atoms in total. The molecule has 3 aromatic heterocycles. The van der Waals surface area contributed by atoms with Crippen LogP contribution in [0.25, 0.3) is 22.3 Å². The summed E-state index contributed by atoms with van der Waals surface area (Å²) in [6.45, 7) is 8.68. The standard InChI is InChI=1S/C27H35N7O/c1-6-7-11-32(4)17-20-9-8-10-21(12-20)25-13-23(24-16-30-34(19(2)3)26(24)31-25)27(35)29-15-22-14-28-18-33(22)5/h8-10,12-14,16,18-19H,6-7,11,15,17H2,1-5H3,(H,29,35). The van der Waals surface area contributed by atoms with Gasteiger partial charge in [0.1, 0.15) is 0 Å². The maximum absolute atomic E-state index is 13.3. The first kappa shape index (κ1) is 24.6. The summed E-state index contributed by atoms with van der Waals surface area (Å²) in [6, 6.07) is 10.4. The number of amides is 1. The van der Waals surface area contributed by atoms with E-state index in [1.54, 1.807) is 18.7 Å². The van der Waals surface area contributed by atoms with Crippen LogP contribution in [0.2, 0.25) is 0 Å². The molecule has 184 valence electrons. The van der Waals surface area contributed by atoms with E-state index in [1.807, 2.05) is 22.4 Å². The second-order valence-corrected chi connectivity index (χ2v) is 9.45. The highest BCUT2D eigenvalue weighted by Crippen LogP contribution is 2.27. The Labute approximate surface area is 207 Å². The van der Waals surface area contributed by atoms with Gasteiger partial charge in [-0.05, 0) is 51.6 Å². The SMILES string of the molecule is CCCCN(C)Cc1cccc(-c2cc(C(=O)NCc3cncn3C)c3cnn(C(C)C)c3n2)c1. The van der Waals surface area contributed by atoms with Gasteiger partial charge in [0, 0.05) is 31.4 Å². The number of fused-ring (bicyclic) bond motifs is 1. The molecule has 0 atom stereocenters. The Kier molecular flexibility index (Phi) is 7.60. The van der Waals surface area contributed by atoms with Crippen molar-refractivity contribution in [2.45, 2.75) is 52.7 Å². The molecule has 0 fully saturated rings. The van der Waals surface area contributed by atoms with Gasteiger partial charge >= 0.3 is 0 Å².